The molecule has 0 N–H and O–H groups in total. The van der Waals surface area contributed by atoms with E-state index in [1.54, 1.807) is 6.07 Å². The van der Waals surface area contributed by atoms with Crippen molar-refractivity contribution in [3.05, 3.63) is 34.6 Å². The van der Waals surface area contributed by atoms with Crippen LogP contribution in [0.2, 0.25) is 5.02 Å². The summed E-state index contributed by atoms with van der Waals surface area (Å²) in [5.41, 5.74) is 0.684. The van der Waals surface area contributed by atoms with E-state index in [4.69, 9.17) is 27.9 Å². The zero-order chi connectivity index (χ0) is 12.5. The minimum Gasteiger partial charge on any atom is -0.378 e. The Morgan fingerprint density at radius 3 is 2.88 bits per heavy atom. The van der Waals surface area contributed by atoms with Crippen molar-refractivity contribution < 1.29 is 9.13 Å². The predicted octanol–water partition coefficient (Wildman–Crippen LogP) is 4.06. The molecule has 0 radical (unpaired) electrons. The zero-order valence-corrected chi connectivity index (χ0v) is 11.2. The molecule has 4 heteroatoms. The largest absolute Gasteiger partial charge is 0.378 e. The van der Waals surface area contributed by atoms with E-state index in [0.29, 0.717) is 18.9 Å². The molecule has 0 amide bonds. The molecule has 1 saturated heterocycles. The summed E-state index contributed by atoms with van der Waals surface area (Å²) in [6, 6.07) is 4.90. The van der Waals surface area contributed by atoms with Crippen LogP contribution in [0.3, 0.4) is 0 Å². The summed E-state index contributed by atoms with van der Waals surface area (Å²) in [7, 11) is 0. The highest BCUT2D eigenvalue weighted by atomic mass is 35.5. The maximum atomic E-state index is 13.4. The second-order valence-electron chi connectivity index (χ2n) is 4.65. The van der Waals surface area contributed by atoms with E-state index in [1.807, 2.05) is 13.0 Å². The van der Waals surface area contributed by atoms with Gasteiger partial charge in [0.15, 0.2) is 0 Å². The maximum absolute atomic E-state index is 13.4. The molecule has 2 rings (SSSR count). The Bertz CT molecular complexity index is 410. The summed E-state index contributed by atoms with van der Waals surface area (Å²) < 4.78 is 19.0. The van der Waals surface area contributed by atoms with Gasteiger partial charge in [-0.15, -0.1) is 11.6 Å². The molecule has 1 aliphatic heterocycles. The quantitative estimate of drug-likeness (QED) is 0.757. The Morgan fingerprint density at radius 2 is 2.29 bits per heavy atom. The van der Waals surface area contributed by atoms with Crippen LogP contribution in [0.5, 0.6) is 0 Å². The summed E-state index contributed by atoms with van der Waals surface area (Å²) in [4.78, 5) is 0. The van der Waals surface area contributed by atoms with E-state index < -0.39 is 0 Å². The van der Waals surface area contributed by atoms with Gasteiger partial charge in [0.25, 0.3) is 0 Å². The molecular weight excluding hydrogens is 262 g/mol. The average Bonchev–Trinajstić information content (AvgIpc) is 2.67. The number of hydrogen-bond donors (Lipinski definition) is 0. The van der Waals surface area contributed by atoms with Crippen LogP contribution in [-0.4, -0.2) is 18.6 Å². The molecule has 2 atom stereocenters. The summed E-state index contributed by atoms with van der Waals surface area (Å²) in [5, 5.41) is 0.205. The van der Waals surface area contributed by atoms with Gasteiger partial charge in [-0.2, -0.15) is 0 Å². The Balaban J connectivity index is 2.27. The Kier molecular flexibility index (Phi) is 3.96. The molecule has 0 saturated carbocycles. The van der Waals surface area contributed by atoms with Crippen LogP contribution < -0.4 is 0 Å². The first-order chi connectivity index (χ1) is 8.09. The molecule has 94 valence electrons. The first kappa shape index (κ1) is 13.1. The minimum atomic E-state index is -0.375. The smallest absolute Gasteiger partial charge is 0.142 e. The van der Waals surface area contributed by atoms with Crippen molar-refractivity contribution in [1.29, 1.82) is 0 Å². The Labute approximate surface area is 111 Å². The lowest BCUT2D eigenvalue weighted by Crippen LogP contribution is -2.33. The molecule has 0 aliphatic carbocycles. The lowest BCUT2D eigenvalue weighted by molar-refractivity contribution is 0.0735. The second-order valence-corrected chi connectivity index (χ2v) is 5.29. The van der Waals surface area contributed by atoms with E-state index >= 15 is 0 Å². The van der Waals surface area contributed by atoms with E-state index in [-0.39, 0.29) is 22.4 Å². The first-order valence-electron chi connectivity index (χ1n) is 5.69. The van der Waals surface area contributed by atoms with Crippen molar-refractivity contribution in [3.63, 3.8) is 0 Å². The third-order valence-corrected chi connectivity index (χ3v) is 4.63. The van der Waals surface area contributed by atoms with Crippen molar-refractivity contribution in [2.24, 2.45) is 5.41 Å². The van der Waals surface area contributed by atoms with Crippen LogP contribution in [-0.2, 0) is 11.2 Å². The molecule has 1 aromatic carbocycles. The van der Waals surface area contributed by atoms with Crippen molar-refractivity contribution in [1.82, 2.24) is 0 Å². The van der Waals surface area contributed by atoms with Crippen molar-refractivity contribution >= 4 is 23.2 Å². The second kappa shape index (κ2) is 5.13. The summed E-state index contributed by atoms with van der Waals surface area (Å²) in [6.07, 6.45) is 1.64. The normalized spacial score (nSPS) is 28.6. The van der Waals surface area contributed by atoms with Gasteiger partial charge < -0.3 is 4.74 Å². The third kappa shape index (κ3) is 2.44. The topological polar surface area (TPSA) is 9.23 Å². The van der Waals surface area contributed by atoms with Gasteiger partial charge in [-0.3, -0.25) is 0 Å². The monoisotopic (exact) mass is 276 g/mol. The minimum absolute atomic E-state index is 0.0827. The average molecular weight is 277 g/mol. The Morgan fingerprint density at radius 1 is 1.53 bits per heavy atom. The fourth-order valence-corrected chi connectivity index (χ4v) is 2.98. The van der Waals surface area contributed by atoms with Crippen molar-refractivity contribution in [2.75, 3.05) is 12.5 Å². The number of rotatable bonds is 3. The van der Waals surface area contributed by atoms with Crippen LogP contribution in [0.1, 0.15) is 18.9 Å². The fourth-order valence-electron chi connectivity index (χ4n) is 2.34. The highest BCUT2D eigenvalue weighted by Crippen LogP contribution is 2.40. The predicted molar refractivity (Wildman–Crippen MR) is 68.3 cm³/mol. The summed E-state index contributed by atoms with van der Waals surface area (Å²) in [6.45, 7) is 2.73. The van der Waals surface area contributed by atoms with Crippen LogP contribution in [0.25, 0.3) is 0 Å². The molecule has 1 aliphatic rings. The van der Waals surface area contributed by atoms with Gasteiger partial charge in [-0.1, -0.05) is 23.7 Å². The highest BCUT2D eigenvalue weighted by Gasteiger charge is 2.41. The maximum Gasteiger partial charge on any atom is 0.142 e. The van der Waals surface area contributed by atoms with Gasteiger partial charge >= 0.3 is 0 Å². The summed E-state index contributed by atoms with van der Waals surface area (Å²) in [5.74, 6) is 0.126. The molecule has 1 fully saturated rings. The number of benzene rings is 1. The standard InChI is InChI=1S/C13H15Cl2FO/c1-9-13(8-14,5-6-17-9)7-10-3-2-4-11(16)12(10)15/h2-4,9H,5-8H2,1H3. The molecule has 0 bridgehead atoms. The van der Waals surface area contributed by atoms with Crippen molar-refractivity contribution in [2.45, 2.75) is 25.9 Å². The fraction of sp³-hybridized carbons (Fsp3) is 0.538. The molecule has 1 nitrogen and oxygen atoms in total. The molecular formula is C13H15Cl2FO. The van der Waals surface area contributed by atoms with E-state index in [2.05, 4.69) is 0 Å². The lowest BCUT2D eigenvalue weighted by Gasteiger charge is -2.30. The summed E-state index contributed by atoms with van der Waals surface area (Å²) >= 11 is 12.1. The van der Waals surface area contributed by atoms with Crippen LogP contribution in [0, 0.1) is 11.2 Å². The van der Waals surface area contributed by atoms with Crippen molar-refractivity contribution in [3.8, 4) is 0 Å². The molecule has 1 aromatic rings. The third-order valence-electron chi connectivity index (χ3n) is 3.67. The molecule has 1 heterocycles. The SMILES string of the molecule is CC1OCCC1(CCl)Cc1cccc(F)c1Cl. The van der Waals surface area contributed by atoms with E-state index in [0.717, 1.165) is 12.0 Å². The molecule has 2 unspecified atom stereocenters. The van der Waals surface area contributed by atoms with Gasteiger partial charge in [0, 0.05) is 17.9 Å². The van der Waals surface area contributed by atoms with E-state index in [9.17, 15) is 4.39 Å². The lowest BCUT2D eigenvalue weighted by atomic mass is 9.78. The number of ether oxygens (including phenoxy) is 1. The van der Waals surface area contributed by atoms with Crippen LogP contribution >= 0.6 is 23.2 Å². The first-order valence-corrected chi connectivity index (χ1v) is 6.61. The van der Waals surface area contributed by atoms with Gasteiger partial charge in [0.05, 0.1) is 11.1 Å². The molecule has 0 aromatic heterocycles. The zero-order valence-electron chi connectivity index (χ0n) is 9.68. The Hall–Kier alpha value is -0.310. The van der Waals surface area contributed by atoms with Crippen LogP contribution in [0.15, 0.2) is 18.2 Å². The highest BCUT2D eigenvalue weighted by molar-refractivity contribution is 6.31. The number of hydrogen-bond acceptors (Lipinski definition) is 1. The number of alkyl halides is 1. The van der Waals surface area contributed by atoms with Crippen LogP contribution in [0.4, 0.5) is 4.39 Å². The van der Waals surface area contributed by atoms with Gasteiger partial charge in [0.2, 0.25) is 0 Å². The van der Waals surface area contributed by atoms with Gasteiger partial charge in [-0.05, 0) is 31.4 Å². The molecule has 17 heavy (non-hydrogen) atoms. The number of halogens is 3. The van der Waals surface area contributed by atoms with Gasteiger partial charge in [0.1, 0.15) is 5.82 Å². The van der Waals surface area contributed by atoms with E-state index in [1.165, 1.54) is 6.07 Å². The molecule has 0 spiro atoms. The van der Waals surface area contributed by atoms with Gasteiger partial charge in [-0.25, -0.2) is 4.39 Å².